The second-order valence-electron chi connectivity index (χ2n) is 9.44. The van der Waals surface area contributed by atoms with Gasteiger partial charge in [0.2, 0.25) is 0 Å². The van der Waals surface area contributed by atoms with E-state index < -0.39 is 0 Å². The molecule has 0 fully saturated rings. The summed E-state index contributed by atoms with van der Waals surface area (Å²) in [5.74, 6) is 2.63. The van der Waals surface area contributed by atoms with Crippen LogP contribution >= 0.6 is 0 Å². The van der Waals surface area contributed by atoms with Gasteiger partial charge in [0, 0.05) is 21.7 Å². The summed E-state index contributed by atoms with van der Waals surface area (Å²) in [5, 5.41) is 12.6. The highest BCUT2D eigenvalue weighted by molar-refractivity contribution is 6.23. The molecular weight excluding hydrogens is 448 g/mol. The molecule has 0 aliphatic carbocycles. The molecule has 7 nitrogen and oxygen atoms in total. The van der Waals surface area contributed by atoms with Gasteiger partial charge in [-0.1, -0.05) is 24.3 Å². The first-order valence-electron chi connectivity index (χ1n) is 11.9. The summed E-state index contributed by atoms with van der Waals surface area (Å²) >= 11 is 0. The maximum atomic E-state index is 6.24. The Labute approximate surface area is 205 Å². The van der Waals surface area contributed by atoms with Crippen molar-refractivity contribution in [3.8, 4) is 28.0 Å². The largest absolute Gasteiger partial charge is 0.486 e. The number of fused-ring (bicyclic) bond motifs is 11. The average molecular weight is 469 g/mol. The number of rotatable bonds is 1. The van der Waals surface area contributed by atoms with Crippen molar-refractivity contribution in [3.63, 3.8) is 0 Å². The lowest BCUT2D eigenvalue weighted by Gasteiger charge is -2.22. The number of imidazole rings is 2. The summed E-state index contributed by atoms with van der Waals surface area (Å²) in [6.45, 7) is 4.46. The summed E-state index contributed by atoms with van der Waals surface area (Å²) in [6, 6.07) is 17.4. The third-order valence-electron chi connectivity index (χ3n) is 7.21. The van der Waals surface area contributed by atoms with Gasteiger partial charge in [0.15, 0.2) is 5.75 Å². The summed E-state index contributed by atoms with van der Waals surface area (Å²) in [7, 11) is 0. The van der Waals surface area contributed by atoms with Gasteiger partial charge < -0.3 is 14.7 Å². The number of ether oxygens (including phenoxy) is 1. The quantitative estimate of drug-likeness (QED) is 0.273. The molecule has 2 N–H and O–H groups in total. The lowest BCUT2D eigenvalue weighted by Crippen LogP contribution is -2.06. The monoisotopic (exact) mass is 468 g/mol. The molecule has 36 heavy (non-hydrogen) atoms. The van der Waals surface area contributed by atoms with Crippen LogP contribution in [0.3, 0.4) is 0 Å². The van der Waals surface area contributed by atoms with E-state index in [2.05, 4.69) is 73.7 Å². The molecule has 1 aliphatic heterocycles. The minimum absolute atomic E-state index is 0.515. The van der Waals surface area contributed by atoms with E-state index in [1.807, 2.05) is 20.0 Å². The van der Waals surface area contributed by atoms with Crippen molar-refractivity contribution in [2.24, 2.45) is 0 Å². The van der Waals surface area contributed by atoms with Crippen molar-refractivity contribution in [3.05, 3.63) is 78.1 Å². The van der Waals surface area contributed by atoms with E-state index in [1.54, 1.807) is 6.20 Å². The lowest BCUT2D eigenvalue weighted by atomic mass is 9.91. The number of benzene rings is 4. The smallest absolute Gasteiger partial charge is 0.155 e. The van der Waals surface area contributed by atoms with Gasteiger partial charge in [0.25, 0.3) is 0 Å². The predicted molar refractivity (Wildman–Crippen MR) is 141 cm³/mol. The molecule has 0 spiro atoms. The van der Waals surface area contributed by atoms with Crippen LogP contribution in [-0.2, 0) is 6.61 Å². The topological polar surface area (TPSA) is 92.4 Å². The van der Waals surface area contributed by atoms with E-state index in [0.29, 0.717) is 6.61 Å². The second kappa shape index (κ2) is 6.88. The minimum Gasteiger partial charge on any atom is -0.486 e. The minimum atomic E-state index is 0.515. The Bertz CT molecular complexity index is 2030. The van der Waals surface area contributed by atoms with Gasteiger partial charge >= 0.3 is 0 Å². The third kappa shape index (κ3) is 2.62. The van der Waals surface area contributed by atoms with Crippen LogP contribution in [0.1, 0.15) is 17.2 Å². The molecule has 4 aromatic carbocycles. The van der Waals surface area contributed by atoms with Crippen molar-refractivity contribution >= 4 is 43.6 Å². The molecule has 7 aromatic rings. The Morgan fingerprint density at radius 2 is 1.44 bits per heavy atom. The van der Waals surface area contributed by atoms with Gasteiger partial charge in [-0.2, -0.15) is 10.2 Å². The molecule has 0 amide bonds. The number of hydrogen-bond acceptors (Lipinski definition) is 5. The zero-order chi connectivity index (χ0) is 24.0. The number of aromatic amines is 2. The molecule has 7 heteroatoms. The number of hydrogen-bond donors (Lipinski definition) is 2. The van der Waals surface area contributed by atoms with Crippen molar-refractivity contribution < 1.29 is 4.74 Å². The number of aromatic nitrogens is 6. The van der Waals surface area contributed by atoms with Crippen molar-refractivity contribution in [1.29, 1.82) is 0 Å². The Kier molecular flexibility index (Phi) is 3.73. The van der Waals surface area contributed by atoms with E-state index >= 15 is 0 Å². The third-order valence-corrected chi connectivity index (χ3v) is 7.21. The van der Waals surface area contributed by atoms with Gasteiger partial charge in [-0.15, -0.1) is 0 Å². The first-order chi connectivity index (χ1) is 17.6. The Morgan fingerprint density at radius 3 is 2.36 bits per heavy atom. The molecule has 0 saturated heterocycles. The summed E-state index contributed by atoms with van der Waals surface area (Å²) in [6.07, 6.45) is 3.63. The van der Waals surface area contributed by atoms with E-state index in [0.717, 1.165) is 77.7 Å². The van der Waals surface area contributed by atoms with Gasteiger partial charge in [0.1, 0.15) is 23.8 Å². The van der Waals surface area contributed by atoms with E-state index in [1.165, 1.54) is 11.1 Å². The van der Waals surface area contributed by atoms with Gasteiger partial charge in [-0.25, -0.2) is 9.97 Å². The molecule has 3 aromatic heterocycles. The van der Waals surface area contributed by atoms with Crippen molar-refractivity contribution in [2.45, 2.75) is 20.5 Å². The maximum Gasteiger partial charge on any atom is 0.155 e. The Balaban J connectivity index is 1.31. The first kappa shape index (κ1) is 19.5. The lowest BCUT2D eigenvalue weighted by molar-refractivity contribution is 0.305. The molecule has 4 heterocycles. The first-order valence-corrected chi connectivity index (χ1v) is 11.9. The van der Waals surface area contributed by atoms with Gasteiger partial charge in [-0.3, -0.25) is 0 Å². The van der Waals surface area contributed by atoms with Crippen LogP contribution in [0.25, 0.3) is 65.9 Å². The highest BCUT2D eigenvalue weighted by Crippen LogP contribution is 2.43. The van der Waals surface area contributed by atoms with Crippen LogP contribution < -0.4 is 4.74 Å². The SMILES string of the molecule is Cc1nc2c3c(ccc2[nH]1)-c1ccc(-c2ccc4c(c2)c2cnncc2c2nc(C)[nH]c42)cc1CO3. The number of nitrogens with one attached hydrogen (secondary N) is 2. The van der Waals surface area contributed by atoms with Gasteiger partial charge in [-0.05, 0) is 65.8 Å². The normalized spacial score (nSPS) is 12.8. The highest BCUT2D eigenvalue weighted by Gasteiger charge is 2.22. The summed E-state index contributed by atoms with van der Waals surface area (Å²) in [5.41, 5.74) is 9.60. The number of aryl methyl sites for hydroxylation is 2. The van der Waals surface area contributed by atoms with E-state index in [-0.39, 0.29) is 0 Å². The van der Waals surface area contributed by atoms with Crippen LogP contribution in [0, 0.1) is 13.8 Å². The Hall–Kier alpha value is -4.78. The molecule has 0 bridgehead atoms. The summed E-state index contributed by atoms with van der Waals surface area (Å²) < 4.78 is 6.24. The molecule has 0 unspecified atom stereocenters. The fourth-order valence-electron chi connectivity index (χ4n) is 5.61. The summed E-state index contributed by atoms with van der Waals surface area (Å²) in [4.78, 5) is 16.1. The average Bonchev–Trinajstić information content (AvgIpc) is 3.49. The maximum absolute atomic E-state index is 6.24. The van der Waals surface area contributed by atoms with Crippen LogP contribution in [0.5, 0.6) is 5.75 Å². The standard InChI is InChI=1S/C29H20N6O/c1-14-32-25-8-7-21-19-5-3-16(9-18(19)13-36-29(21)28(25)35-14)17-4-6-20-22(10-17)23-11-30-31-12-24(23)27-26(20)33-15(2)34-27/h3-12H,13H2,1-2H3,(H,32,35)(H,33,34). The molecule has 0 atom stereocenters. The fraction of sp³-hybridized carbons (Fsp3) is 0.103. The fourth-order valence-corrected chi connectivity index (χ4v) is 5.61. The van der Waals surface area contributed by atoms with E-state index in [4.69, 9.17) is 9.72 Å². The van der Waals surface area contributed by atoms with Crippen LogP contribution in [-0.4, -0.2) is 30.1 Å². The zero-order valence-corrected chi connectivity index (χ0v) is 19.7. The number of H-pyrrole nitrogens is 2. The number of nitrogens with zero attached hydrogens (tertiary/aromatic N) is 4. The molecule has 8 rings (SSSR count). The van der Waals surface area contributed by atoms with E-state index in [9.17, 15) is 0 Å². The van der Waals surface area contributed by atoms with Crippen LogP contribution in [0.15, 0.2) is 60.9 Å². The second-order valence-corrected chi connectivity index (χ2v) is 9.44. The molecule has 172 valence electrons. The van der Waals surface area contributed by atoms with Gasteiger partial charge in [0.05, 0.1) is 28.9 Å². The Morgan fingerprint density at radius 1 is 0.694 bits per heavy atom. The molecule has 0 saturated carbocycles. The zero-order valence-electron chi connectivity index (χ0n) is 19.7. The van der Waals surface area contributed by atoms with Crippen LogP contribution in [0.4, 0.5) is 0 Å². The predicted octanol–water partition coefficient (Wildman–Crippen LogP) is 6.38. The molecule has 1 aliphatic rings. The van der Waals surface area contributed by atoms with Crippen molar-refractivity contribution in [2.75, 3.05) is 0 Å². The van der Waals surface area contributed by atoms with Crippen molar-refractivity contribution in [1.82, 2.24) is 30.1 Å². The van der Waals surface area contributed by atoms with Crippen LogP contribution in [0.2, 0.25) is 0 Å². The molecule has 0 radical (unpaired) electrons. The highest BCUT2D eigenvalue weighted by atomic mass is 16.5. The molecular formula is C29H20N6O.